The number of carbonyl (C=O) groups excluding carboxylic acids is 2. The Morgan fingerprint density at radius 1 is 1.20 bits per heavy atom. The second-order valence-electron chi connectivity index (χ2n) is 5.78. The van der Waals surface area contributed by atoms with Crippen molar-refractivity contribution in [1.29, 1.82) is 0 Å². The SMILES string of the molecule is C[C@H]1CC[C@H]2C(=O)N(c3cc(Cl)ccc3O)C(=O)[C@@H]2C1. The summed E-state index contributed by atoms with van der Waals surface area (Å²) in [7, 11) is 0. The number of halogens is 1. The molecule has 0 spiro atoms. The first-order chi connectivity index (χ1) is 9.49. The van der Waals surface area contributed by atoms with Gasteiger partial charge < -0.3 is 5.11 Å². The summed E-state index contributed by atoms with van der Waals surface area (Å²) in [5, 5.41) is 10.3. The van der Waals surface area contributed by atoms with Gasteiger partial charge >= 0.3 is 0 Å². The second kappa shape index (κ2) is 4.77. The topological polar surface area (TPSA) is 57.6 Å². The number of amides is 2. The third-order valence-electron chi connectivity index (χ3n) is 4.37. The molecule has 2 fully saturated rings. The van der Waals surface area contributed by atoms with Crippen molar-refractivity contribution in [2.24, 2.45) is 17.8 Å². The van der Waals surface area contributed by atoms with Crippen LogP contribution >= 0.6 is 11.6 Å². The first kappa shape index (κ1) is 13.4. The summed E-state index contributed by atoms with van der Waals surface area (Å²) >= 11 is 5.91. The summed E-state index contributed by atoms with van der Waals surface area (Å²) < 4.78 is 0. The quantitative estimate of drug-likeness (QED) is 0.810. The molecule has 0 unspecified atom stereocenters. The summed E-state index contributed by atoms with van der Waals surface area (Å²) in [6, 6.07) is 4.40. The highest BCUT2D eigenvalue weighted by atomic mass is 35.5. The standard InChI is InChI=1S/C15H16ClNO3/c1-8-2-4-10-11(6-8)15(20)17(14(10)19)12-7-9(16)3-5-13(12)18/h3,5,7-8,10-11,18H,2,4,6H2,1H3/t8-,10+,11+/m0/s1. The molecule has 3 atom stereocenters. The van der Waals surface area contributed by atoms with Crippen LogP contribution in [0.25, 0.3) is 0 Å². The fourth-order valence-corrected chi connectivity index (χ4v) is 3.47. The highest BCUT2D eigenvalue weighted by Crippen LogP contribution is 2.44. The number of hydrogen-bond donors (Lipinski definition) is 1. The molecule has 1 aliphatic carbocycles. The molecule has 4 nitrogen and oxygen atoms in total. The number of hydrogen-bond acceptors (Lipinski definition) is 3. The highest BCUT2D eigenvalue weighted by Gasteiger charge is 2.50. The van der Waals surface area contributed by atoms with Crippen LogP contribution in [0.3, 0.4) is 0 Å². The Morgan fingerprint density at radius 2 is 1.90 bits per heavy atom. The lowest BCUT2D eigenvalue weighted by atomic mass is 9.76. The molecule has 20 heavy (non-hydrogen) atoms. The fraction of sp³-hybridized carbons (Fsp3) is 0.467. The normalized spacial score (nSPS) is 29.7. The molecule has 2 aliphatic rings. The maximum absolute atomic E-state index is 12.5. The Bertz CT molecular complexity index is 586. The van der Waals surface area contributed by atoms with E-state index >= 15 is 0 Å². The Labute approximate surface area is 122 Å². The maximum atomic E-state index is 12.5. The lowest BCUT2D eigenvalue weighted by Crippen LogP contribution is -2.30. The molecule has 1 saturated heterocycles. The van der Waals surface area contributed by atoms with Crippen LogP contribution in [0.2, 0.25) is 5.02 Å². The molecule has 1 N–H and O–H groups in total. The van der Waals surface area contributed by atoms with E-state index in [-0.39, 0.29) is 35.1 Å². The minimum absolute atomic E-state index is 0.0946. The lowest BCUT2D eigenvalue weighted by Gasteiger charge is -2.25. The third kappa shape index (κ3) is 1.99. The van der Waals surface area contributed by atoms with Crippen LogP contribution in [-0.2, 0) is 9.59 Å². The predicted molar refractivity (Wildman–Crippen MR) is 75.6 cm³/mol. The number of imide groups is 1. The van der Waals surface area contributed by atoms with Crippen LogP contribution in [0.5, 0.6) is 5.75 Å². The largest absolute Gasteiger partial charge is 0.506 e. The summed E-state index contributed by atoms with van der Waals surface area (Å²) in [5.74, 6) is -0.529. The molecule has 2 amide bonds. The van der Waals surface area contributed by atoms with Crippen LogP contribution in [-0.4, -0.2) is 16.9 Å². The van der Waals surface area contributed by atoms with E-state index in [0.717, 1.165) is 24.2 Å². The molecule has 106 valence electrons. The molecule has 0 bridgehead atoms. The van der Waals surface area contributed by atoms with E-state index in [1.54, 1.807) is 0 Å². The lowest BCUT2D eigenvalue weighted by molar-refractivity contribution is -0.122. The Kier molecular flexibility index (Phi) is 3.21. The molecule has 5 heteroatoms. The summed E-state index contributed by atoms with van der Waals surface area (Å²) in [6.07, 6.45) is 2.46. The molecule has 0 radical (unpaired) electrons. The van der Waals surface area contributed by atoms with Crippen molar-refractivity contribution in [2.75, 3.05) is 4.90 Å². The minimum atomic E-state index is -0.246. The van der Waals surface area contributed by atoms with E-state index in [1.165, 1.54) is 18.2 Å². The number of rotatable bonds is 1. The van der Waals surface area contributed by atoms with Gasteiger partial charge in [-0.15, -0.1) is 0 Å². The molecule has 1 aliphatic heterocycles. The van der Waals surface area contributed by atoms with E-state index in [1.807, 2.05) is 0 Å². The van der Waals surface area contributed by atoms with Crippen molar-refractivity contribution in [1.82, 2.24) is 0 Å². The van der Waals surface area contributed by atoms with Gasteiger partial charge in [0.15, 0.2) is 0 Å². The summed E-state index contributed by atoms with van der Waals surface area (Å²) in [5.41, 5.74) is 0.203. The van der Waals surface area contributed by atoms with E-state index < -0.39 is 0 Å². The van der Waals surface area contributed by atoms with Gasteiger partial charge in [0.1, 0.15) is 5.75 Å². The number of carbonyl (C=O) groups is 2. The number of phenolic OH excluding ortho intramolecular Hbond substituents is 1. The van der Waals surface area contributed by atoms with Crippen molar-refractivity contribution >= 4 is 29.1 Å². The molecule has 3 rings (SSSR count). The first-order valence-electron chi connectivity index (χ1n) is 6.85. The van der Waals surface area contributed by atoms with E-state index in [0.29, 0.717) is 10.9 Å². The molecule has 1 aromatic rings. The van der Waals surface area contributed by atoms with Gasteiger partial charge in [0.05, 0.1) is 17.5 Å². The number of aromatic hydroxyl groups is 1. The van der Waals surface area contributed by atoms with Crippen LogP contribution in [0.4, 0.5) is 5.69 Å². The van der Waals surface area contributed by atoms with Crippen molar-refractivity contribution < 1.29 is 14.7 Å². The molecular weight excluding hydrogens is 278 g/mol. The van der Waals surface area contributed by atoms with Crippen LogP contribution in [0.15, 0.2) is 18.2 Å². The number of phenols is 1. The Balaban J connectivity index is 2.00. The zero-order chi connectivity index (χ0) is 14.4. The minimum Gasteiger partial charge on any atom is -0.506 e. The highest BCUT2D eigenvalue weighted by molar-refractivity contribution is 6.31. The monoisotopic (exact) mass is 293 g/mol. The summed E-state index contributed by atoms with van der Waals surface area (Å²) in [6.45, 7) is 2.10. The zero-order valence-electron chi connectivity index (χ0n) is 11.2. The molecule has 1 aromatic carbocycles. The van der Waals surface area contributed by atoms with Gasteiger partial charge in [-0.25, -0.2) is 4.90 Å². The van der Waals surface area contributed by atoms with Crippen molar-refractivity contribution in [3.8, 4) is 5.75 Å². The number of anilines is 1. The van der Waals surface area contributed by atoms with Gasteiger partial charge in [-0.3, -0.25) is 9.59 Å². The van der Waals surface area contributed by atoms with Gasteiger partial charge in [-0.2, -0.15) is 0 Å². The van der Waals surface area contributed by atoms with Crippen molar-refractivity contribution in [3.05, 3.63) is 23.2 Å². The second-order valence-corrected chi connectivity index (χ2v) is 6.21. The van der Waals surface area contributed by atoms with E-state index in [9.17, 15) is 14.7 Å². The first-order valence-corrected chi connectivity index (χ1v) is 7.23. The van der Waals surface area contributed by atoms with Crippen LogP contribution in [0, 0.1) is 17.8 Å². The molecular formula is C15H16ClNO3. The predicted octanol–water partition coefficient (Wildman–Crippen LogP) is 2.97. The average molecular weight is 294 g/mol. The average Bonchev–Trinajstić information content (AvgIpc) is 2.65. The van der Waals surface area contributed by atoms with Gasteiger partial charge in [0.25, 0.3) is 0 Å². The molecule has 1 heterocycles. The van der Waals surface area contributed by atoms with Gasteiger partial charge in [-0.1, -0.05) is 18.5 Å². The Morgan fingerprint density at radius 3 is 2.65 bits per heavy atom. The van der Waals surface area contributed by atoms with Crippen molar-refractivity contribution in [3.63, 3.8) is 0 Å². The number of benzene rings is 1. The fourth-order valence-electron chi connectivity index (χ4n) is 3.30. The van der Waals surface area contributed by atoms with Crippen molar-refractivity contribution in [2.45, 2.75) is 26.2 Å². The van der Waals surface area contributed by atoms with Gasteiger partial charge in [0, 0.05) is 5.02 Å². The molecule has 1 saturated carbocycles. The summed E-state index contributed by atoms with van der Waals surface area (Å²) in [4.78, 5) is 26.1. The Hall–Kier alpha value is -1.55. The maximum Gasteiger partial charge on any atom is 0.237 e. The smallest absolute Gasteiger partial charge is 0.237 e. The van der Waals surface area contributed by atoms with Crippen LogP contribution in [0.1, 0.15) is 26.2 Å². The number of fused-ring (bicyclic) bond motifs is 1. The zero-order valence-corrected chi connectivity index (χ0v) is 11.9. The van der Waals surface area contributed by atoms with E-state index in [4.69, 9.17) is 11.6 Å². The van der Waals surface area contributed by atoms with E-state index in [2.05, 4.69) is 6.92 Å². The molecule has 0 aromatic heterocycles. The van der Waals surface area contributed by atoms with Gasteiger partial charge in [-0.05, 0) is 43.4 Å². The van der Waals surface area contributed by atoms with Gasteiger partial charge in [0.2, 0.25) is 11.8 Å². The van der Waals surface area contributed by atoms with Crippen LogP contribution < -0.4 is 4.90 Å². The number of nitrogens with zero attached hydrogens (tertiary/aromatic N) is 1. The third-order valence-corrected chi connectivity index (χ3v) is 4.60.